The van der Waals surface area contributed by atoms with Crippen molar-refractivity contribution < 1.29 is 22.5 Å². The Bertz CT molecular complexity index is 807. The molecule has 1 amide bonds. The third-order valence-corrected chi connectivity index (χ3v) is 4.58. The molecular weight excluding hydrogens is 359 g/mol. The minimum atomic E-state index is -4.38. The van der Waals surface area contributed by atoms with E-state index >= 15 is 0 Å². The number of carbonyl (C=O) groups is 1. The first-order valence-corrected chi connectivity index (χ1v) is 8.78. The molecule has 1 fully saturated rings. The smallest absolute Gasteiger partial charge is 0.360 e. The van der Waals surface area contributed by atoms with Gasteiger partial charge in [0.2, 0.25) is 5.91 Å². The maximum absolute atomic E-state index is 12.7. The molecule has 1 aromatic heterocycles. The Hall–Kier alpha value is -2.51. The maximum Gasteiger partial charge on any atom is 0.416 e. The van der Waals surface area contributed by atoms with E-state index < -0.39 is 17.8 Å². The van der Waals surface area contributed by atoms with Gasteiger partial charge < -0.3 is 14.7 Å². The van der Waals surface area contributed by atoms with E-state index in [2.05, 4.69) is 10.5 Å². The van der Waals surface area contributed by atoms with Crippen molar-refractivity contribution >= 4 is 17.4 Å². The Morgan fingerprint density at radius 1 is 1.22 bits per heavy atom. The lowest BCUT2D eigenvalue weighted by molar-refractivity contribution is -0.137. The molecule has 1 aromatic carbocycles. The fourth-order valence-electron chi connectivity index (χ4n) is 3.09. The molecule has 1 aliphatic rings. The number of carbonyl (C=O) groups excluding carboxylic acids is 1. The van der Waals surface area contributed by atoms with Crippen molar-refractivity contribution in [1.82, 2.24) is 5.16 Å². The van der Waals surface area contributed by atoms with Gasteiger partial charge >= 0.3 is 6.18 Å². The van der Waals surface area contributed by atoms with Gasteiger partial charge in [0.1, 0.15) is 11.8 Å². The van der Waals surface area contributed by atoms with Gasteiger partial charge in [0.05, 0.1) is 5.56 Å². The van der Waals surface area contributed by atoms with Crippen LogP contribution in [0.1, 0.15) is 44.9 Å². The summed E-state index contributed by atoms with van der Waals surface area (Å²) in [6, 6.07) is 6.11. The average Bonchev–Trinajstić information content (AvgIpc) is 3.22. The highest BCUT2D eigenvalue weighted by atomic mass is 19.4. The SMILES string of the molecule is CC(C)(C)c1cc(NC(=O)[C@H]2CCCN2c2ccc(C(F)(F)F)cc2)no1. The molecule has 1 saturated heterocycles. The van der Waals surface area contributed by atoms with Crippen LogP contribution >= 0.6 is 0 Å². The molecule has 0 saturated carbocycles. The van der Waals surface area contributed by atoms with Crippen LogP contribution in [0.3, 0.4) is 0 Å². The number of aromatic nitrogens is 1. The Balaban J connectivity index is 1.72. The van der Waals surface area contributed by atoms with Gasteiger partial charge in [-0.05, 0) is 37.1 Å². The summed E-state index contributed by atoms with van der Waals surface area (Å²) in [6.07, 6.45) is -2.97. The second-order valence-corrected chi connectivity index (χ2v) is 7.71. The first-order chi connectivity index (χ1) is 12.6. The zero-order chi connectivity index (χ0) is 19.8. The van der Waals surface area contributed by atoms with Gasteiger partial charge in [-0.25, -0.2) is 0 Å². The molecule has 5 nitrogen and oxygen atoms in total. The van der Waals surface area contributed by atoms with Crippen molar-refractivity contribution in [3.05, 3.63) is 41.7 Å². The molecule has 0 aliphatic carbocycles. The first kappa shape index (κ1) is 19.3. The number of benzene rings is 1. The predicted molar refractivity (Wildman–Crippen MR) is 95.6 cm³/mol. The molecule has 0 spiro atoms. The summed E-state index contributed by atoms with van der Waals surface area (Å²) in [7, 11) is 0. The third-order valence-electron chi connectivity index (χ3n) is 4.58. The topological polar surface area (TPSA) is 58.4 Å². The van der Waals surface area contributed by atoms with Crippen LogP contribution < -0.4 is 10.2 Å². The monoisotopic (exact) mass is 381 g/mol. The van der Waals surface area contributed by atoms with E-state index in [1.165, 1.54) is 12.1 Å². The summed E-state index contributed by atoms with van der Waals surface area (Å²) < 4.78 is 43.5. The zero-order valence-electron chi connectivity index (χ0n) is 15.4. The normalized spacial score (nSPS) is 18.0. The van der Waals surface area contributed by atoms with Crippen molar-refractivity contribution in [2.75, 3.05) is 16.8 Å². The number of nitrogens with one attached hydrogen (secondary N) is 1. The van der Waals surface area contributed by atoms with Crippen LogP contribution in [0.5, 0.6) is 0 Å². The summed E-state index contributed by atoms with van der Waals surface area (Å²) in [5, 5.41) is 6.63. The highest BCUT2D eigenvalue weighted by molar-refractivity contribution is 5.96. The third kappa shape index (κ3) is 4.26. The number of anilines is 2. The summed E-state index contributed by atoms with van der Waals surface area (Å²) in [5.74, 6) is 0.745. The van der Waals surface area contributed by atoms with Gasteiger partial charge in [-0.15, -0.1) is 0 Å². The molecule has 2 aromatic rings. The fourth-order valence-corrected chi connectivity index (χ4v) is 3.09. The molecule has 0 bridgehead atoms. The highest BCUT2D eigenvalue weighted by Crippen LogP contribution is 2.33. The van der Waals surface area contributed by atoms with E-state index in [1.54, 1.807) is 6.07 Å². The summed E-state index contributed by atoms with van der Waals surface area (Å²) >= 11 is 0. The van der Waals surface area contributed by atoms with Crippen LogP contribution in [-0.4, -0.2) is 23.7 Å². The van der Waals surface area contributed by atoms with E-state index in [9.17, 15) is 18.0 Å². The molecular formula is C19H22F3N3O2. The minimum Gasteiger partial charge on any atom is -0.360 e. The predicted octanol–water partition coefficient (Wildman–Crippen LogP) is 4.60. The zero-order valence-corrected chi connectivity index (χ0v) is 15.4. The van der Waals surface area contributed by atoms with E-state index in [0.29, 0.717) is 30.2 Å². The van der Waals surface area contributed by atoms with Crippen LogP contribution in [0, 0.1) is 0 Å². The number of alkyl halides is 3. The second kappa shape index (κ2) is 6.90. The molecule has 3 rings (SSSR count). The largest absolute Gasteiger partial charge is 0.416 e. The Morgan fingerprint density at radius 3 is 2.44 bits per heavy atom. The number of hydrogen-bond acceptors (Lipinski definition) is 4. The maximum atomic E-state index is 12.7. The molecule has 1 aliphatic heterocycles. The number of halogens is 3. The van der Waals surface area contributed by atoms with Gasteiger partial charge in [0.25, 0.3) is 0 Å². The number of hydrogen-bond donors (Lipinski definition) is 1. The molecule has 146 valence electrons. The van der Waals surface area contributed by atoms with Gasteiger partial charge in [-0.2, -0.15) is 13.2 Å². The molecule has 1 N–H and O–H groups in total. The number of amides is 1. The lowest BCUT2D eigenvalue weighted by Crippen LogP contribution is -2.39. The Kier molecular flexibility index (Phi) is 4.92. The average molecular weight is 381 g/mol. The van der Waals surface area contributed by atoms with Gasteiger partial charge in [0, 0.05) is 23.7 Å². The van der Waals surface area contributed by atoms with E-state index in [1.807, 2.05) is 25.7 Å². The van der Waals surface area contributed by atoms with Gasteiger partial charge in [-0.3, -0.25) is 4.79 Å². The summed E-state index contributed by atoms with van der Waals surface area (Å²) in [6.45, 7) is 6.53. The lowest BCUT2D eigenvalue weighted by atomic mass is 9.93. The van der Waals surface area contributed by atoms with Crippen molar-refractivity contribution in [2.45, 2.75) is 51.2 Å². The van der Waals surface area contributed by atoms with Crippen molar-refractivity contribution in [3.8, 4) is 0 Å². The molecule has 2 heterocycles. The van der Waals surface area contributed by atoms with Crippen LogP contribution in [0.25, 0.3) is 0 Å². The van der Waals surface area contributed by atoms with Gasteiger partial charge in [0.15, 0.2) is 5.82 Å². The Morgan fingerprint density at radius 2 is 1.89 bits per heavy atom. The summed E-state index contributed by atoms with van der Waals surface area (Å²) in [5.41, 5.74) is -0.338. The van der Waals surface area contributed by atoms with Crippen molar-refractivity contribution in [2.24, 2.45) is 0 Å². The fraction of sp³-hybridized carbons (Fsp3) is 0.474. The standard InChI is InChI=1S/C19H22F3N3O2/c1-18(2,3)15-11-16(24-27-15)23-17(26)14-5-4-10-25(14)13-8-6-12(7-9-13)19(20,21)22/h6-9,11,14H,4-5,10H2,1-3H3,(H,23,24,26)/t14-/m1/s1. The molecule has 1 atom stereocenters. The van der Waals surface area contributed by atoms with E-state index in [-0.39, 0.29) is 11.3 Å². The molecule has 27 heavy (non-hydrogen) atoms. The second-order valence-electron chi connectivity index (χ2n) is 7.71. The molecule has 0 radical (unpaired) electrons. The van der Waals surface area contributed by atoms with Crippen LogP contribution in [0.2, 0.25) is 0 Å². The molecule has 8 heteroatoms. The van der Waals surface area contributed by atoms with Crippen molar-refractivity contribution in [1.29, 1.82) is 0 Å². The number of rotatable bonds is 3. The minimum absolute atomic E-state index is 0.227. The van der Waals surface area contributed by atoms with Crippen LogP contribution in [-0.2, 0) is 16.4 Å². The van der Waals surface area contributed by atoms with Gasteiger partial charge in [-0.1, -0.05) is 25.9 Å². The Labute approximate surface area is 155 Å². The number of nitrogens with zero attached hydrogens (tertiary/aromatic N) is 2. The van der Waals surface area contributed by atoms with E-state index in [0.717, 1.165) is 18.6 Å². The van der Waals surface area contributed by atoms with Crippen molar-refractivity contribution in [3.63, 3.8) is 0 Å². The summed E-state index contributed by atoms with van der Waals surface area (Å²) in [4.78, 5) is 14.5. The molecule has 0 unspecified atom stereocenters. The lowest BCUT2D eigenvalue weighted by Gasteiger charge is -2.26. The first-order valence-electron chi connectivity index (χ1n) is 8.78. The van der Waals surface area contributed by atoms with Crippen LogP contribution in [0.15, 0.2) is 34.9 Å². The highest BCUT2D eigenvalue weighted by Gasteiger charge is 2.33. The van der Waals surface area contributed by atoms with Crippen LogP contribution in [0.4, 0.5) is 24.7 Å². The quantitative estimate of drug-likeness (QED) is 0.844. The van der Waals surface area contributed by atoms with E-state index in [4.69, 9.17) is 4.52 Å².